The molecular weight excluding hydrogens is 230 g/mol. The van der Waals surface area contributed by atoms with Gasteiger partial charge in [0, 0.05) is 51.4 Å². The molecule has 1 amide bonds. The third kappa shape index (κ3) is 3.43. The first-order chi connectivity index (χ1) is 8.77. The Hall–Kier alpha value is -1.62. The highest BCUT2D eigenvalue weighted by atomic mass is 16.2. The van der Waals surface area contributed by atoms with E-state index >= 15 is 0 Å². The highest BCUT2D eigenvalue weighted by Crippen LogP contribution is 2.01. The van der Waals surface area contributed by atoms with Gasteiger partial charge in [-0.2, -0.15) is 0 Å². The molecule has 1 N–H and O–H groups in total. The molecule has 1 aromatic rings. The predicted octanol–water partition coefficient (Wildman–Crippen LogP) is 0.0603. The van der Waals surface area contributed by atoms with Crippen LogP contribution in [0.3, 0.4) is 0 Å². The summed E-state index contributed by atoms with van der Waals surface area (Å²) in [5.41, 5.74) is -0.00729. The van der Waals surface area contributed by atoms with Crippen molar-refractivity contribution in [2.75, 3.05) is 26.2 Å². The number of pyridine rings is 1. The van der Waals surface area contributed by atoms with Crippen LogP contribution in [0.4, 0.5) is 0 Å². The van der Waals surface area contributed by atoms with Crippen molar-refractivity contribution in [2.45, 2.75) is 19.4 Å². The Morgan fingerprint density at radius 3 is 2.78 bits per heavy atom. The molecule has 1 aliphatic rings. The number of carbonyl (C=O) groups excluding carboxylic acids is 1. The van der Waals surface area contributed by atoms with Gasteiger partial charge in [-0.15, -0.1) is 0 Å². The van der Waals surface area contributed by atoms with Gasteiger partial charge in [0.15, 0.2) is 0 Å². The summed E-state index contributed by atoms with van der Waals surface area (Å²) in [4.78, 5) is 25.2. The predicted molar refractivity (Wildman–Crippen MR) is 69.4 cm³/mol. The summed E-state index contributed by atoms with van der Waals surface area (Å²) >= 11 is 0. The summed E-state index contributed by atoms with van der Waals surface area (Å²) in [6, 6.07) is 5.10. The van der Waals surface area contributed by atoms with Crippen LogP contribution in [0.1, 0.15) is 12.8 Å². The maximum Gasteiger partial charge on any atom is 0.250 e. The van der Waals surface area contributed by atoms with Crippen molar-refractivity contribution >= 4 is 5.91 Å². The van der Waals surface area contributed by atoms with Gasteiger partial charge in [-0.1, -0.05) is 6.07 Å². The molecule has 0 spiro atoms. The number of hydrogen-bond donors (Lipinski definition) is 1. The molecule has 0 unspecified atom stereocenters. The van der Waals surface area contributed by atoms with Crippen LogP contribution in [0.2, 0.25) is 0 Å². The average molecular weight is 249 g/mol. The number of carbonyl (C=O) groups is 1. The molecule has 98 valence electrons. The monoisotopic (exact) mass is 249 g/mol. The van der Waals surface area contributed by atoms with Gasteiger partial charge in [0.25, 0.3) is 0 Å². The van der Waals surface area contributed by atoms with E-state index in [2.05, 4.69) is 5.32 Å². The van der Waals surface area contributed by atoms with Gasteiger partial charge in [0.1, 0.15) is 0 Å². The molecular formula is C13H19N3O2. The number of aromatic nitrogens is 1. The topological polar surface area (TPSA) is 54.3 Å². The van der Waals surface area contributed by atoms with Gasteiger partial charge < -0.3 is 14.8 Å². The molecule has 0 atom stereocenters. The Morgan fingerprint density at radius 2 is 2.06 bits per heavy atom. The number of amides is 1. The zero-order valence-electron chi connectivity index (χ0n) is 10.5. The van der Waals surface area contributed by atoms with Crippen molar-refractivity contribution in [1.29, 1.82) is 0 Å². The zero-order valence-corrected chi connectivity index (χ0v) is 10.5. The van der Waals surface area contributed by atoms with E-state index in [9.17, 15) is 9.59 Å². The average Bonchev–Trinajstić information content (AvgIpc) is 2.42. The highest BCUT2D eigenvalue weighted by Gasteiger charge is 2.15. The lowest BCUT2D eigenvalue weighted by atomic mass is 10.2. The van der Waals surface area contributed by atoms with Crippen molar-refractivity contribution in [2.24, 2.45) is 0 Å². The molecule has 1 fully saturated rings. The molecule has 1 saturated heterocycles. The smallest absolute Gasteiger partial charge is 0.250 e. The SMILES string of the molecule is O=C(CCCn1ccccc1=O)N1CCNCC1. The normalized spacial score (nSPS) is 15.7. The third-order valence-corrected chi connectivity index (χ3v) is 3.16. The van der Waals surface area contributed by atoms with Gasteiger partial charge in [0.05, 0.1) is 0 Å². The molecule has 0 aliphatic carbocycles. The standard InChI is InChI=1S/C13H19N3O2/c17-12-4-1-2-8-15(12)9-3-5-13(18)16-10-6-14-7-11-16/h1-2,4,8,14H,3,5-7,9-11H2. The summed E-state index contributed by atoms with van der Waals surface area (Å²) < 4.78 is 1.64. The molecule has 2 heterocycles. The lowest BCUT2D eigenvalue weighted by Gasteiger charge is -2.27. The first kappa shape index (κ1) is 12.8. The Kier molecular flexibility index (Phi) is 4.52. The molecule has 2 rings (SSSR count). The molecule has 5 nitrogen and oxygen atoms in total. The minimum absolute atomic E-state index is 0.00729. The first-order valence-electron chi connectivity index (χ1n) is 6.41. The van der Waals surface area contributed by atoms with Crippen LogP contribution < -0.4 is 10.9 Å². The Morgan fingerprint density at radius 1 is 1.28 bits per heavy atom. The Balaban J connectivity index is 1.76. The number of nitrogens with zero attached hydrogens (tertiary/aromatic N) is 2. The van der Waals surface area contributed by atoms with Gasteiger partial charge in [0.2, 0.25) is 11.5 Å². The van der Waals surface area contributed by atoms with Gasteiger partial charge >= 0.3 is 0 Å². The molecule has 5 heteroatoms. The van der Waals surface area contributed by atoms with Crippen LogP contribution in [0.15, 0.2) is 29.2 Å². The molecule has 0 aromatic carbocycles. The van der Waals surface area contributed by atoms with E-state index in [1.165, 1.54) is 6.07 Å². The number of nitrogens with one attached hydrogen (secondary N) is 1. The van der Waals surface area contributed by atoms with Crippen LogP contribution in [0.5, 0.6) is 0 Å². The third-order valence-electron chi connectivity index (χ3n) is 3.16. The van der Waals surface area contributed by atoms with Gasteiger partial charge in [-0.05, 0) is 12.5 Å². The maximum atomic E-state index is 11.9. The summed E-state index contributed by atoms with van der Waals surface area (Å²) in [7, 11) is 0. The zero-order chi connectivity index (χ0) is 12.8. The molecule has 0 saturated carbocycles. The van der Waals surface area contributed by atoms with Crippen molar-refractivity contribution in [3.05, 3.63) is 34.7 Å². The van der Waals surface area contributed by atoms with Crippen molar-refractivity contribution in [3.63, 3.8) is 0 Å². The second-order valence-corrected chi connectivity index (χ2v) is 4.47. The van der Waals surface area contributed by atoms with E-state index < -0.39 is 0 Å². The second kappa shape index (κ2) is 6.35. The van der Waals surface area contributed by atoms with Crippen molar-refractivity contribution in [1.82, 2.24) is 14.8 Å². The van der Waals surface area contributed by atoms with Gasteiger partial charge in [-0.3, -0.25) is 9.59 Å². The fraction of sp³-hybridized carbons (Fsp3) is 0.538. The van der Waals surface area contributed by atoms with Crippen LogP contribution in [0.25, 0.3) is 0 Å². The van der Waals surface area contributed by atoms with Crippen LogP contribution in [0, 0.1) is 0 Å². The van der Waals surface area contributed by atoms with Crippen molar-refractivity contribution in [3.8, 4) is 0 Å². The molecule has 1 aromatic heterocycles. The fourth-order valence-corrected chi connectivity index (χ4v) is 2.12. The number of aryl methyl sites for hydroxylation is 1. The summed E-state index contributed by atoms with van der Waals surface area (Å²) in [5.74, 6) is 0.195. The maximum absolute atomic E-state index is 11.9. The lowest BCUT2D eigenvalue weighted by molar-refractivity contribution is -0.131. The summed E-state index contributed by atoms with van der Waals surface area (Å²) in [6.07, 6.45) is 2.99. The van der Waals surface area contributed by atoms with E-state index in [0.29, 0.717) is 19.4 Å². The van der Waals surface area contributed by atoms with E-state index in [1.54, 1.807) is 16.8 Å². The van der Waals surface area contributed by atoms with E-state index in [0.717, 1.165) is 26.2 Å². The van der Waals surface area contributed by atoms with Crippen molar-refractivity contribution < 1.29 is 4.79 Å². The van der Waals surface area contributed by atoms with E-state index in [4.69, 9.17) is 0 Å². The first-order valence-corrected chi connectivity index (χ1v) is 6.41. The number of piperazine rings is 1. The lowest BCUT2D eigenvalue weighted by Crippen LogP contribution is -2.46. The Labute approximate surface area is 106 Å². The molecule has 18 heavy (non-hydrogen) atoms. The minimum Gasteiger partial charge on any atom is -0.340 e. The molecule has 0 radical (unpaired) electrons. The summed E-state index contributed by atoms with van der Waals surface area (Å²) in [6.45, 7) is 3.96. The number of rotatable bonds is 4. The largest absolute Gasteiger partial charge is 0.340 e. The fourth-order valence-electron chi connectivity index (χ4n) is 2.12. The highest BCUT2D eigenvalue weighted by molar-refractivity contribution is 5.76. The van der Waals surface area contributed by atoms with Crippen LogP contribution >= 0.6 is 0 Å². The van der Waals surface area contributed by atoms with Crippen LogP contribution in [-0.2, 0) is 11.3 Å². The second-order valence-electron chi connectivity index (χ2n) is 4.47. The Bertz CT molecular complexity index is 450. The molecule has 1 aliphatic heterocycles. The van der Waals surface area contributed by atoms with Gasteiger partial charge in [-0.25, -0.2) is 0 Å². The van der Waals surface area contributed by atoms with Crippen LogP contribution in [-0.4, -0.2) is 41.6 Å². The quantitative estimate of drug-likeness (QED) is 0.821. The summed E-state index contributed by atoms with van der Waals surface area (Å²) in [5, 5.41) is 3.22. The minimum atomic E-state index is -0.00729. The number of hydrogen-bond acceptors (Lipinski definition) is 3. The van der Waals surface area contributed by atoms with E-state index in [-0.39, 0.29) is 11.5 Å². The molecule has 0 bridgehead atoms. The van der Waals surface area contributed by atoms with E-state index in [1.807, 2.05) is 11.0 Å².